The van der Waals surface area contributed by atoms with Crippen molar-refractivity contribution in [2.24, 2.45) is 0 Å². The molecule has 0 radical (unpaired) electrons. The van der Waals surface area contributed by atoms with Gasteiger partial charge in [-0.2, -0.15) is 0 Å². The highest BCUT2D eigenvalue weighted by atomic mass is 19.1. The fourth-order valence-electron chi connectivity index (χ4n) is 3.96. The Morgan fingerprint density at radius 3 is 2.33 bits per heavy atom. The quantitative estimate of drug-likeness (QED) is 0.303. The number of hydrogen-bond acceptors (Lipinski definition) is 2. The lowest BCUT2D eigenvalue weighted by molar-refractivity contribution is 0.0692. The van der Waals surface area contributed by atoms with Crippen LogP contribution in [0.5, 0.6) is 5.75 Å². The summed E-state index contributed by atoms with van der Waals surface area (Å²) >= 11 is 0. The number of rotatable bonds is 6. The molecule has 1 aromatic heterocycles. The van der Waals surface area contributed by atoms with Gasteiger partial charge in [0.25, 0.3) is 0 Å². The summed E-state index contributed by atoms with van der Waals surface area (Å²) in [6.07, 6.45) is 0. The second kappa shape index (κ2) is 8.63. The lowest BCUT2D eigenvalue weighted by Gasteiger charge is -2.09. The van der Waals surface area contributed by atoms with Gasteiger partial charge in [0.2, 0.25) is 0 Å². The topological polar surface area (TPSA) is 62.3 Å². The standard InChI is InChI=1S/C28H20FNO3/c29-22-12-9-19(10-13-22)20-11-14-25-24(16-20)26(27(30-25)28(31)32)21-7-4-8-23(15-21)33-17-18-5-2-1-3-6-18/h1-16,30H,17H2,(H,31,32). The van der Waals surface area contributed by atoms with E-state index in [0.717, 1.165) is 27.6 Å². The van der Waals surface area contributed by atoms with Gasteiger partial charge in [0.05, 0.1) is 0 Å². The van der Waals surface area contributed by atoms with Crippen molar-refractivity contribution < 1.29 is 19.0 Å². The van der Waals surface area contributed by atoms with Gasteiger partial charge in [-0.05, 0) is 58.7 Å². The maximum absolute atomic E-state index is 13.4. The van der Waals surface area contributed by atoms with E-state index in [2.05, 4.69) is 4.98 Å². The second-order valence-electron chi connectivity index (χ2n) is 7.75. The number of H-pyrrole nitrogens is 1. The lowest BCUT2D eigenvalue weighted by Crippen LogP contribution is -1.99. The van der Waals surface area contributed by atoms with E-state index in [-0.39, 0.29) is 11.5 Å². The van der Waals surface area contributed by atoms with E-state index in [9.17, 15) is 14.3 Å². The van der Waals surface area contributed by atoms with Crippen LogP contribution in [0, 0.1) is 5.82 Å². The summed E-state index contributed by atoms with van der Waals surface area (Å²) in [4.78, 5) is 15.1. The molecule has 0 amide bonds. The first-order valence-corrected chi connectivity index (χ1v) is 10.5. The number of carboxylic acid groups (broad SMARTS) is 1. The first-order valence-electron chi connectivity index (χ1n) is 10.5. The Hall–Kier alpha value is -4.38. The Balaban J connectivity index is 1.57. The van der Waals surface area contributed by atoms with Crippen LogP contribution in [-0.2, 0) is 6.61 Å². The molecule has 0 bridgehead atoms. The van der Waals surface area contributed by atoms with E-state index in [4.69, 9.17) is 4.74 Å². The van der Waals surface area contributed by atoms with E-state index in [0.29, 0.717) is 23.4 Å². The van der Waals surface area contributed by atoms with Gasteiger partial charge in [-0.1, -0.05) is 60.7 Å². The van der Waals surface area contributed by atoms with Gasteiger partial charge in [-0.25, -0.2) is 9.18 Å². The van der Waals surface area contributed by atoms with Crippen LogP contribution in [0.4, 0.5) is 4.39 Å². The Morgan fingerprint density at radius 1 is 0.818 bits per heavy atom. The molecule has 33 heavy (non-hydrogen) atoms. The van der Waals surface area contributed by atoms with Crippen LogP contribution >= 0.6 is 0 Å². The maximum Gasteiger partial charge on any atom is 0.352 e. The minimum atomic E-state index is -1.04. The number of ether oxygens (including phenoxy) is 1. The fourth-order valence-corrected chi connectivity index (χ4v) is 3.96. The molecule has 0 spiro atoms. The summed E-state index contributed by atoms with van der Waals surface area (Å²) in [5.41, 5.74) is 4.92. The number of aromatic amines is 1. The first kappa shape index (κ1) is 20.5. The first-order chi connectivity index (χ1) is 16.1. The summed E-state index contributed by atoms with van der Waals surface area (Å²) in [7, 11) is 0. The summed E-state index contributed by atoms with van der Waals surface area (Å²) < 4.78 is 19.3. The molecule has 4 aromatic carbocycles. The molecule has 0 saturated carbocycles. The minimum absolute atomic E-state index is 0.112. The number of carboxylic acids is 1. The van der Waals surface area contributed by atoms with Gasteiger partial charge in [-0.15, -0.1) is 0 Å². The zero-order valence-electron chi connectivity index (χ0n) is 17.6. The van der Waals surface area contributed by atoms with Crippen molar-refractivity contribution in [3.05, 3.63) is 114 Å². The molecule has 0 aliphatic rings. The maximum atomic E-state index is 13.4. The molecule has 5 aromatic rings. The third-order valence-corrected chi connectivity index (χ3v) is 5.56. The predicted molar refractivity (Wildman–Crippen MR) is 127 cm³/mol. The Bertz CT molecular complexity index is 1440. The molecule has 0 fully saturated rings. The van der Waals surface area contributed by atoms with Crippen LogP contribution in [0.15, 0.2) is 97.1 Å². The van der Waals surface area contributed by atoms with Crippen molar-refractivity contribution in [1.82, 2.24) is 4.98 Å². The number of benzene rings is 4. The average Bonchev–Trinajstić information content (AvgIpc) is 3.23. The number of nitrogens with one attached hydrogen (secondary N) is 1. The van der Waals surface area contributed by atoms with Gasteiger partial charge in [0.1, 0.15) is 23.9 Å². The van der Waals surface area contributed by atoms with E-state index in [1.807, 2.05) is 72.8 Å². The van der Waals surface area contributed by atoms with Crippen molar-refractivity contribution in [3.8, 4) is 28.0 Å². The number of hydrogen-bond donors (Lipinski definition) is 2. The number of carbonyl (C=O) groups is 1. The third-order valence-electron chi connectivity index (χ3n) is 5.56. The van der Waals surface area contributed by atoms with E-state index in [1.165, 1.54) is 12.1 Å². The number of aromatic carboxylic acids is 1. The zero-order valence-corrected chi connectivity index (χ0v) is 17.6. The largest absolute Gasteiger partial charge is 0.489 e. The number of aromatic nitrogens is 1. The van der Waals surface area contributed by atoms with Crippen molar-refractivity contribution in [1.29, 1.82) is 0 Å². The van der Waals surface area contributed by atoms with Crippen molar-refractivity contribution in [3.63, 3.8) is 0 Å². The molecule has 4 nitrogen and oxygen atoms in total. The van der Waals surface area contributed by atoms with Crippen LogP contribution in [0.3, 0.4) is 0 Å². The van der Waals surface area contributed by atoms with Gasteiger partial charge in [0, 0.05) is 16.5 Å². The monoisotopic (exact) mass is 437 g/mol. The molecule has 0 unspecified atom stereocenters. The smallest absolute Gasteiger partial charge is 0.352 e. The highest BCUT2D eigenvalue weighted by molar-refractivity contribution is 6.08. The summed E-state index contributed by atoms with van der Waals surface area (Å²) in [6, 6.07) is 29.2. The highest BCUT2D eigenvalue weighted by Crippen LogP contribution is 2.36. The van der Waals surface area contributed by atoms with Gasteiger partial charge in [-0.3, -0.25) is 0 Å². The summed E-state index contributed by atoms with van der Waals surface area (Å²) in [6.45, 7) is 0.415. The molecule has 0 aliphatic carbocycles. The van der Waals surface area contributed by atoms with Crippen molar-refractivity contribution >= 4 is 16.9 Å². The minimum Gasteiger partial charge on any atom is -0.489 e. The van der Waals surface area contributed by atoms with Crippen LogP contribution in [0.1, 0.15) is 16.1 Å². The molecular formula is C28H20FNO3. The molecule has 0 saturated heterocycles. The van der Waals surface area contributed by atoms with Crippen LogP contribution in [0.25, 0.3) is 33.2 Å². The highest BCUT2D eigenvalue weighted by Gasteiger charge is 2.19. The van der Waals surface area contributed by atoms with Gasteiger partial charge < -0.3 is 14.8 Å². The van der Waals surface area contributed by atoms with Crippen molar-refractivity contribution in [2.45, 2.75) is 6.61 Å². The molecule has 5 rings (SSSR count). The molecule has 2 N–H and O–H groups in total. The predicted octanol–water partition coefficient (Wildman–Crippen LogP) is 6.92. The Morgan fingerprint density at radius 2 is 1.58 bits per heavy atom. The molecule has 0 atom stereocenters. The average molecular weight is 437 g/mol. The fraction of sp³-hybridized carbons (Fsp3) is 0.0357. The Labute approximate surface area is 189 Å². The van der Waals surface area contributed by atoms with Crippen LogP contribution < -0.4 is 4.74 Å². The summed E-state index contributed by atoms with van der Waals surface area (Å²) in [5.74, 6) is -0.695. The molecule has 162 valence electrons. The Kier molecular flexibility index (Phi) is 5.37. The van der Waals surface area contributed by atoms with E-state index in [1.54, 1.807) is 12.1 Å². The van der Waals surface area contributed by atoms with E-state index >= 15 is 0 Å². The second-order valence-corrected chi connectivity index (χ2v) is 7.75. The van der Waals surface area contributed by atoms with Crippen LogP contribution in [-0.4, -0.2) is 16.1 Å². The zero-order chi connectivity index (χ0) is 22.8. The van der Waals surface area contributed by atoms with Gasteiger partial charge >= 0.3 is 5.97 Å². The summed E-state index contributed by atoms with van der Waals surface area (Å²) in [5, 5.41) is 10.6. The lowest BCUT2D eigenvalue weighted by atomic mass is 9.98. The number of halogens is 1. The normalized spacial score (nSPS) is 10.9. The third kappa shape index (κ3) is 4.21. The molecule has 0 aliphatic heterocycles. The van der Waals surface area contributed by atoms with E-state index < -0.39 is 5.97 Å². The molecule has 1 heterocycles. The SMILES string of the molecule is O=C(O)c1[nH]c2ccc(-c3ccc(F)cc3)cc2c1-c1cccc(OCc2ccccc2)c1. The van der Waals surface area contributed by atoms with Crippen molar-refractivity contribution in [2.75, 3.05) is 0 Å². The molecular weight excluding hydrogens is 417 g/mol. The molecule has 5 heteroatoms. The number of fused-ring (bicyclic) bond motifs is 1. The van der Waals surface area contributed by atoms with Crippen LogP contribution in [0.2, 0.25) is 0 Å². The van der Waals surface area contributed by atoms with Gasteiger partial charge in [0.15, 0.2) is 0 Å².